The van der Waals surface area contributed by atoms with Crippen molar-refractivity contribution in [1.29, 1.82) is 0 Å². The molecule has 15 heavy (non-hydrogen) atoms. The fourth-order valence-electron chi connectivity index (χ4n) is 1.17. The van der Waals surface area contributed by atoms with Gasteiger partial charge in [0.1, 0.15) is 5.17 Å². The quantitative estimate of drug-likeness (QED) is 0.707. The minimum atomic E-state index is 0.476. The first-order valence-electron chi connectivity index (χ1n) is 4.56. The van der Waals surface area contributed by atoms with Gasteiger partial charge in [-0.05, 0) is 24.3 Å². The molecule has 0 atom stereocenters. The van der Waals surface area contributed by atoms with E-state index < -0.39 is 0 Å². The maximum atomic E-state index is 6.06. The Bertz CT molecular complexity index is 452. The van der Waals surface area contributed by atoms with Crippen LogP contribution in [0.4, 0.5) is 5.69 Å². The summed E-state index contributed by atoms with van der Waals surface area (Å²) in [5.41, 5.74) is 1.72. The predicted molar refractivity (Wildman–Crippen MR) is 62.7 cm³/mol. The zero-order valence-electron chi connectivity index (χ0n) is 7.97. The molecular formula is C12H9ClN2. The van der Waals surface area contributed by atoms with Crippen LogP contribution in [0, 0.1) is 0 Å². The van der Waals surface area contributed by atoms with Gasteiger partial charge in [0, 0.05) is 18.0 Å². The lowest BCUT2D eigenvalue weighted by molar-refractivity contribution is 1.32. The van der Waals surface area contributed by atoms with Crippen molar-refractivity contribution >= 4 is 22.5 Å². The topological polar surface area (TPSA) is 25.2 Å². The van der Waals surface area contributed by atoms with Gasteiger partial charge in [0.2, 0.25) is 0 Å². The Morgan fingerprint density at radius 3 is 2.33 bits per heavy atom. The van der Waals surface area contributed by atoms with Gasteiger partial charge >= 0.3 is 0 Å². The molecule has 0 spiro atoms. The molecule has 2 nitrogen and oxygen atoms in total. The number of rotatable bonds is 2. The van der Waals surface area contributed by atoms with Gasteiger partial charge in [-0.2, -0.15) is 0 Å². The van der Waals surface area contributed by atoms with Gasteiger partial charge in [0.25, 0.3) is 0 Å². The third-order valence-corrected chi connectivity index (χ3v) is 2.20. The number of pyridine rings is 1. The van der Waals surface area contributed by atoms with Crippen molar-refractivity contribution < 1.29 is 0 Å². The SMILES string of the molecule is ClC(=Nc1ccccc1)c1ccncc1. The standard InChI is InChI=1S/C12H9ClN2/c13-12(10-6-8-14-9-7-10)15-11-4-2-1-3-5-11/h1-9H. The van der Waals surface area contributed by atoms with Crippen LogP contribution in [0.25, 0.3) is 0 Å². The molecular weight excluding hydrogens is 208 g/mol. The summed E-state index contributed by atoms with van der Waals surface area (Å²) in [6.07, 6.45) is 3.39. The molecule has 0 amide bonds. The number of halogens is 1. The van der Waals surface area contributed by atoms with Crippen molar-refractivity contribution in [1.82, 2.24) is 4.98 Å². The average Bonchev–Trinajstić information content (AvgIpc) is 2.31. The molecule has 1 heterocycles. The molecule has 0 fully saturated rings. The summed E-state index contributed by atoms with van der Waals surface area (Å²) in [6.45, 7) is 0. The minimum Gasteiger partial charge on any atom is -0.265 e. The van der Waals surface area contributed by atoms with E-state index in [4.69, 9.17) is 11.6 Å². The molecule has 74 valence electrons. The molecule has 2 rings (SSSR count). The van der Waals surface area contributed by atoms with Crippen molar-refractivity contribution in [2.24, 2.45) is 4.99 Å². The fourth-order valence-corrected chi connectivity index (χ4v) is 1.39. The highest BCUT2D eigenvalue weighted by atomic mass is 35.5. The zero-order valence-corrected chi connectivity index (χ0v) is 8.72. The highest BCUT2D eigenvalue weighted by Crippen LogP contribution is 2.14. The number of hydrogen-bond acceptors (Lipinski definition) is 2. The number of hydrogen-bond donors (Lipinski definition) is 0. The van der Waals surface area contributed by atoms with Crippen LogP contribution in [0.2, 0.25) is 0 Å². The van der Waals surface area contributed by atoms with Crippen LogP contribution < -0.4 is 0 Å². The molecule has 1 aromatic carbocycles. The predicted octanol–water partition coefficient (Wildman–Crippen LogP) is 3.40. The van der Waals surface area contributed by atoms with E-state index in [1.54, 1.807) is 12.4 Å². The molecule has 0 unspecified atom stereocenters. The van der Waals surface area contributed by atoms with Gasteiger partial charge < -0.3 is 0 Å². The van der Waals surface area contributed by atoms with Crippen LogP contribution >= 0.6 is 11.6 Å². The van der Waals surface area contributed by atoms with Crippen molar-refractivity contribution in [2.75, 3.05) is 0 Å². The second-order valence-corrected chi connectivity index (χ2v) is 3.33. The maximum absolute atomic E-state index is 6.06. The molecule has 0 bridgehead atoms. The molecule has 0 aliphatic rings. The third kappa shape index (κ3) is 2.64. The molecule has 3 heteroatoms. The maximum Gasteiger partial charge on any atom is 0.137 e. The van der Waals surface area contributed by atoms with Gasteiger partial charge in [-0.15, -0.1) is 0 Å². The van der Waals surface area contributed by atoms with E-state index in [0.717, 1.165) is 11.3 Å². The first-order valence-corrected chi connectivity index (χ1v) is 4.94. The number of aromatic nitrogens is 1. The Morgan fingerprint density at radius 2 is 1.67 bits per heavy atom. The fraction of sp³-hybridized carbons (Fsp3) is 0. The highest BCUT2D eigenvalue weighted by Gasteiger charge is 1.98. The van der Waals surface area contributed by atoms with Crippen molar-refractivity contribution in [3.8, 4) is 0 Å². The van der Waals surface area contributed by atoms with Crippen molar-refractivity contribution in [2.45, 2.75) is 0 Å². The molecule has 0 saturated heterocycles. The Balaban J connectivity index is 2.29. The van der Waals surface area contributed by atoms with Gasteiger partial charge in [-0.25, -0.2) is 4.99 Å². The van der Waals surface area contributed by atoms with E-state index in [0.29, 0.717) is 5.17 Å². The van der Waals surface area contributed by atoms with E-state index in [9.17, 15) is 0 Å². The summed E-state index contributed by atoms with van der Waals surface area (Å²) in [7, 11) is 0. The smallest absolute Gasteiger partial charge is 0.137 e. The molecule has 2 aromatic rings. The van der Waals surface area contributed by atoms with Crippen LogP contribution in [0.15, 0.2) is 59.9 Å². The van der Waals surface area contributed by atoms with Crippen molar-refractivity contribution in [3.63, 3.8) is 0 Å². The lowest BCUT2D eigenvalue weighted by Crippen LogP contribution is -1.89. The van der Waals surface area contributed by atoms with Crippen LogP contribution in [0.1, 0.15) is 5.56 Å². The molecule has 0 aliphatic heterocycles. The largest absolute Gasteiger partial charge is 0.265 e. The Kier molecular flexibility index (Phi) is 3.10. The lowest BCUT2D eigenvalue weighted by Gasteiger charge is -1.97. The van der Waals surface area contributed by atoms with Crippen LogP contribution in [-0.4, -0.2) is 10.2 Å². The number of nitrogens with zero attached hydrogens (tertiary/aromatic N) is 2. The average molecular weight is 217 g/mol. The normalized spacial score (nSPS) is 11.4. The van der Waals surface area contributed by atoms with E-state index >= 15 is 0 Å². The summed E-state index contributed by atoms with van der Waals surface area (Å²) in [5, 5.41) is 0.476. The van der Waals surface area contributed by atoms with E-state index in [-0.39, 0.29) is 0 Å². The summed E-state index contributed by atoms with van der Waals surface area (Å²) in [6, 6.07) is 13.3. The first kappa shape index (κ1) is 9.87. The molecule has 0 radical (unpaired) electrons. The third-order valence-electron chi connectivity index (χ3n) is 1.90. The number of benzene rings is 1. The van der Waals surface area contributed by atoms with E-state index in [1.165, 1.54) is 0 Å². The van der Waals surface area contributed by atoms with Gasteiger partial charge in [-0.3, -0.25) is 4.98 Å². The Labute approximate surface area is 93.3 Å². The molecule has 0 saturated carbocycles. The van der Waals surface area contributed by atoms with Crippen LogP contribution in [0.5, 0.6) is 0 Å². The number of aliphatic imine (C=N–C) groups is 1. The minimum absolute atomic E-state index is 0.476. The summed E-state index contributed by atoms with van der Waals surface area (Å²) in [4.78, 5) is 8.20. The van der Waals surface area contributed by atoms with E-state index in [1.807, 2.05) is 42.5 Å². The summed E-state index contributed by atoms with van der Waals surface area (Å²) in [5.74, 6) is 0. The monoisotopic (exact) mass is 216 g/mol. The first-order chi connectivity index (χ1) is 7.36. The van der Waals surface area contributed by atoms with Gasteiger partial charge in [0.15, 0.2) is 0 Å². The lowest BCUT2D eigenvalue weighted by atomic mass is 10.3. The second kappa shape index (κ2) is 4.71. The van der Waals surface area contributed by atoms with Gasteiger partial charge in [0.05, 0.1) is 5.69 Å². The highest BCUT2D eigenvalue weighted by molar-refractivity contribution is 6.69. The molecule has 1 aromatic heterocycles. The zero-order chi connectivity index (χ0) is 10.5. The van der Waals surface area contributed by atoms with Crippen LogP contribution in [-0.2, 0) is 0 Å². The molecule has 0 aliphatic carbocycles. The summed E-state index contributed by atoms with van der Waals surface area (Å²) < 4.78 is 0. The Hall–Kier alpha value is -1.67. The van der Waals surface area contributed by atoms with Crippen molar-refractivity contribution in [3.05, 3.63) is 60.4 Å². The second-order valence-electron chi connectivity index (χ2n) is 2.97. The van der Waals surface area contributed by atoms with Gasteiger partial charge in [-0.1, -0.05) is 29.8 Å². The van der Waals surface area contributed by atoms with Crippen LogP contribution in [0.3, 0.4) is 0 Å². The Morgan fingerprint density at radius 1 is 1.00 bits per heavy atom. The summed E-state index contributed by atoms with van der Waals surface area (Å²) >= 11 is 6.06. The molecule has 0 N–H and O–H groups in total. The van der Waals surface area contributed by atoms with E-state index in [2.05, 4.69) is 9.98 Å². The number of para-hydroxylation sites is 1.